The Morgan fingerprint density at radius 2 is 2.09 bits per heavy atom. The number of rotatable bonds is 5. The lowest BCUT2D eigenvalue weighted by Crippen LogP contribution is -2.39. The van der Waals surface area contributed by atoms with Crippen LogP contribution in [-0.4, -0.2) is 28.1 Å². The zero-order chi connectivity index (χ0) is 16.3. The molecule has 1 saturated carbocycles. The molecule has 5 heteroatoms. The quantitative estimate of drug-likeness (QED) is 0.879. The molecule has 23 heavy (non-hydrogen) atoms. The predicted molar refractivity (Wildman–Crippen MR) is 93.7 cm³/mol. The summed E-state index contributed by atoms with van der Waals surface area (Å²) in [6, 6.07) is 8.09. The van der Waals surface area contributed by atoms with Gasteiger partial charge in [-0.25, -0.2) is 4.98 Å². The number of carbonyl (C=O) groups is 1. The minimum atomic E-state index is -0.790. The SMILES string of the molecule is CC(CNC(=O)CC1(O)CCCCC1)c1nc2ccccc2s1. The Bertz CT molecular complexity index is 643. The van der Waals surface area contributed by atoms with E-state index in [0.29, 0.717) is 6.54 Å². The molecule has 1 amide bonds. The highest BCUT2D eigenvalue weighted by Crippen LogP contribution is 2.31. The molecule has 1 atom stereocenters. The third kappa shape index (κ3) is 4.09. The summed E-state index contributed by atoms with van der Waals surface area (Å²) in [7, 11) is 0. The van der Waals surface area contributed by atoms with Crippen LogP contribution in [0.2, 0.25) is 0 Å². The highest BCUT2D eigenvalue weighted by Gasteiger charge is 2.31. The van der Waals surface area contributed by atoms with Crippen molar-refractivity contribution in [3.63, 3.8) is 0 Å². The minimum absolute atomic E-state index is 0.0534. The highest BCUT2D eigenvalue weighted by atomic mass is 32.1. The molecule has 1 unspecified atom stereocenters. The molecule has 0 spiro atoms. The van der Waals surface area contributed by atoms with Crippen molar-refractivity contribution in [1.29, 1.82) is 0 Å². The van der Waals surface area contributed by atoms with Crippen molar-refractivity contribution in [3.8, 4) is 0 Å². The summed E-state index contributed by atoms with van der Waals surface area (Å²) in [6.45, 7) is 2.64. The van der Waals surface area contributed by atoms with Gasteiger partial charge in [0.05, 0.1) is 27.2 Å². The Morgan fingerprint density at radius 3 is 2.83 bits per heavy atom. The maximum Gasteiger partial charge on any atom is 0.222 e. The molecule has 124 valence electrons. The van der Waals surface area contributed by atoms with Gasteiger partial charge in [0.15, 0.2) is 0 Å². The Balaban J connectivity index is 1.53. The second-order valence-corrected chi connectivity index (χ2v) is 7.75. The molecular formula is C18H24N2O2S. The van der Waals surface area contributed by atoms with E-state index in [2.05, 4.69) is 23.3 Å². The van der Waals surface area contributed by atoms with E-state index in [1.54, 1.807) is 11.3 Å². The maximum absolute atomic E-state index is 12.1. The molecule has 3 rings (SSSR count). The minimum Gasteiger partial charge on any atom is -0.389 e. The molecule has 2 N–H and O–H groups in total. The second kappa shape index (κ2) is 6.97. The molecule has 1 heterocycles. The molecule has 0 saturated heterocycles. The van der Waals surface area contributed by atoms with Crippen LogP contribution in [0.25, 0.3) is 10.2 Å². The van der Waals surface area contributed by atoms with Crippen molar-refractivity contribution in [2.24, 2.45) is 0 Å². The number of fused-ring (bicyclic) bond motifs is 1. The number of aromatic nitrogens is 1. The number of benzene rings is 1. The number of hydrogen-bond acceptors (Lipinski definition) is 4. The molecule has 1 fully saturated rings. The average molecular weight is 332 g/mol. The normalized spacial score (nSPS) is 18.7. The smallest absolute Gasteiger partial charge is 0.222 e. The van der Waals surface area contributed by atoms with E-state index in [1.165, 1.54) is 11.1 Å². The van der Waals surface area contributed by atoms with E-state index < -0.39 is 5.60 Å². The van der Waals surface area contributed by atoms with Gasteiger partial charge in [-0.2, -0.15) is 0 Å². The predicted octanol–water partition coefficient (Wildman–Crippen LogP) is 3.60. The monoisotopic (exact) mass is 332 g/mol. The number of hydrogen-bond donors (Lipinski definition) is 2. The van der Waals surface area contributed by atoms with Crippen molar-refractivity contribution in [3.05, 3.63) is 29.3 Å². The van der Waals surface area contributed by atoms with Gasteiger partial charge < -0.3 is 10.4 Å². The van der Waals surface area contributed by atoms with Crippen LogP contribution in [-0.2, 0) is 4.79 Å². The van der Waals surface area contributed by atoms with Gasteiger partial charge in [0, 0.05) is 12.5 Å². The topological polar surface area (TPSA) is 62.2 Å². The van der Waals surface area contributed by atoms with Gasteiger partial charge in [-0.05, 0) is 25.0 Å². The van der Waals surface area contributed by atoms with Crippen LogP contribution in [0.3, 0.4) is 0 Å². The third-order valence-corrected chi connectivity index (χ3v) is 5.88. The molecule has 0 aliphatic heterocycles. The average Bonchev–Trinajstić information content (AvgIpc) is 2.97. The molecule has 0 bridgehead atoms. The van der Waals surface area contributed by atoms with E-state index in [-0.39, 0.29) is 18.2 Å². The molecular weight excluding hydrogens is 308 g/mol. The molecule has 1 aromatic carbocycles. The standard InChI is InChI=1S/C18H24N2O2S/c1-13(17-20-14-7-3-4-8-15(14)23-17)12-19-16(21)11-18(22)9-5-2-6-10-18/h3-4,7-8,13,22H,2,5-6,9-12H2,1H3,(H,19,21). The summed E-state index contributed by atoms with van der Waals surface area (Å²) in [6.07, 6.45) is 4.91. The number of nitrogens with zero attached hydrogens (tertiary/aromatic N) is 1. The lowest BCUT2D eigenvalue weighted by Gasteiger charge is -2.31. The summed E-state index contributed by atoms with van der Waals surface area (Å²) < 4.78 is 1.18. The largest absolute Gasteiger partial charge is 0.389 e. The number of aliphatic hydroxyl groups is 1. The van der Waals surface area contributed by atoms with Crippen molar-refractivity contribution in [2.75, 3.05) is 6.54 Å². The van der Waals surface area contributed by atoms with Crippen LogP contribution in [0.4, 0.5) is 0 Å². The van der Waals surface area contributed by atoms with Gasteiger partial charge in [0.2, 0.25) is 5.91 Å². The number of para-hydroxylation sites is 1. The molecule has 4 nitrogen and oxygen atoms in total. The number of amides is 1. The molecule has 1 aromatic heterocycles. The van der Waals surface area contributed by atoms with Crippen molar-refractivity contribution in [2.45, 2.75) is 57.0 Å². The number of carbonyl (C=O) groups excluding carboxylic acids is 1. The van der Waals surface area contributed by atoms with E-state index >= 15 is 0 Å². The van der Waals surface area contributed by atoms with Crippen molar-refractivity contribution in [1.82, 2.24) is 10.3 Å². The fourth-order valence-corrected chi connectivity index (χ4v) is 4.22. The van der Waals surface area contributed by atoms with Crippen LogP contribution >= 0.6 is 11.3 Å². The van der Waals surface area contributed by atoms with Gasteiger partial charge in [-0.15, -0.1) is 11.3 Å². The van der Waals surface area contributed by atoms with Crippen LogP contribution in [0.5, 0.6) is 0 Å². The first-order chi connectivity index (χ1) is 11.1. The zero-order valence-electron chi connectivity index (χ0n) is 13.5. The lowest BCUT2D eigenvalue weighted by atomic mass is 9.82. The van der Waals surface area contributed by atoms with Crippen molar-refractivity contribution >= 4 is 27.5 Å². The Labute approximate surface area is 140 Å². The first-order valence-electron chi connectivity index (χ1n) is 8.40. The van der Waals surface area contributed by atoms with Crippen LogP contribution in [0, 0.1) is 0 Å². The molecule has 1 aliphatic carbocycles. The van der Waals surface area contributed by atoms with Crippen LogP contribution < -0.4 is 5.32 Å². The lowest BCUT2D eigenvalue weighted by molar-refractivity contribution is -0.127. The Hall–Kier alpha value is -1.46. The van der Waals surface area contributed by atoms with Crippen LogP contribution in [0.15, 0.2) is 24.3 Å². The van der Waals surface area contributed by atoms with Gasteiger partial charge in [0.25, 0.3) is 0 Å². The van der Waals surface area contributed by atoms with Crippen molar-refractivity contribution < 1.29 is 9.90 Å². The van der Waals surface area contributed by atoms with E-state index in [0.717, 1.165) is 36.2 Å². The first-order valence-corrected chi connectivity index (χ1v) is 9.22. The van der Waals surface area contributed by atoms with E-state index in [9.17, 15) is 9.90 Å². The van der Waals surface area contributed by atoms with E-state index in [1.807, 2.05) is 18.2 Å². The summed E-state index contributed by atoms with van der Waals surface area (Å²) in [5.74, 6) is 0.125. The zero-order valence-corrected chi connectivity index (χ0v) is 14.4. The summed E-state index contributed by atoms with van der Waals surface area (Å²) in [5.41, 5.74) is 0.226. The number of thiazole rings is 1. The molecule has 2 aromatic rings. The maximum atomic E-state index is 12.1. The highest BCUT2D eigenvalue weighted by molar-refractivity contribution is 7.18. The first kappa shape index (κ1) is 16.4. The fourth-order valence-electron chi connectivity index (χ4n) is 3.20. The number of nitrogens with one attached hydrogen (secondary N) is 1. The van der Waals surface area contributed by atoms with Crippen LogP contribution in [0.1, 0.15) is 56.4 Å². The van der Waals surface area contributed by atoms with Gasteiger partial charge in [-0.3, -0.25) is 4.79 Å². The second-order valence-electron chi connectivity index (χ2n) is 6.69. The summed E-state index contributed by atoms with van der Waals surface area (Å²) in [4.78, 5) is 16.8. The Morgan fingerprint density at radius 1 is 1.35 bits per heavy atom. The molecule has 1 aliphatic rings. The summed E-state index contributed by atoms with van der Waals surface area (Å²) >= 11 is 1.68. The Kier molecular flexibility index (Phi) is 4.97. The summed E-state index contributed by atoms with van der Waals surface area (Å²) in [5, 5.41) is 14.5. The molecule has 0 radical (unpaired) electrons. The third-order valence-electron chi connectivity index (χ3n) is 4.61. The van der Waals surface area contributed by atoms with Gasteiger partial charge in [0.1, 0.15) is 0 Å². The van der Waals surface area contributed by atoms with Gasteiger partial charge in [-0.1, -0.05) is 38.3 Å². The van der Waals surface area contributed by atoms with Gasteiger partial charge >= 0.3 is 0 Å². The fraction of sp³-hybridized carbons (Fsp3) is 0.556. The van der Waals surface area contributed by atoms with E-state index in [4.69, 9.17) is 0 Å².